The first kappa shape index (κ1) is 12.9. The van der Waals surface area contributed by atoms with Crippen molar-refractivity contribution in [3.8, 4) is 0 Å². The first-order valence-electron chi connectivity index (χ1n) is 6.57. The Morgan fingerprint density at radius 3 is 2.24 bits per heavy atom. The van der Waals surface area contributed by atoms with E-state index in [0.717, 1.165) is 5.33 Å². The highest BCUT2D eigenvalue weighted by molar-refractivity contribution is 9.08. The number of piperidine rings is 1. The molecule has 0 saturated carbocycles. The van der Waals surface area contributed by atoms with Gasteiger partial charge in [-0.2, -0.15) is 0 Å². The molecule has 0 aliphatic carbocycles. The molecule has 1 nitrogen and oxygen atoms in total. The van der Waals surface area contributed by atoms with Crippen LogP contribution in [0.25, 0.3) is 0 Å². The van der Waals surface area contributed by atoms with Gasteiger partial charge in [0.2, 0.25) is 0 Å². The summed E-state index contributed by atoms with van der Waals surface area (Å²) in [6, 6.07) is 8.95. The Morgan fingerprint density at radius 2 is 1.76 bits per heavy atom. The van der Waals surface area contributed by atoms with Crippen LogP contribution in [0.5, 0.6) is 0 Å². The van der Waals surface area contributed by atoms with Gasteiger partial charge in [-0.15, -0.1) is 0 Å². The van der Waals surface area contributed by atoms with Crippen LogP contribution in [0.4, 0.5) is 5.69 Å². The first-order chi connectivity index (χ1) is 8.17. The van der Waals surface area contributed by atoms with Gasteiger partial charge in [0.25, 0.3) is 0 Å². The highest BCUT2D eigenvalue weighted by Gasteiger charge is 2.28. The normalized spacial score (nSPS) is 19.4. The maximum atomic E-state index is 3.49. The van der Waals surface area contributed by atoms with E-state index in [4.69, 9.17) is 0 Å². The summed E-state index contributed by atoms with van der Waals surface area (Å²) < 4.78 is 0. The number of halogens is 1. The van der Waals surface area contributed by atoms with Crippen molar-refractivity contribution in [2.75, 3.05) is 18.0 Å². The quantitative estimate of drug-likeness (QED) is 0.737. The molecule has 1 saturated heterocycles. The van der Waals surface area contributed by atoms with Gasteiger partial charge in [0.1, 0.15) is 0 Å². The van der Waals surface area contributed by atoms with Crippen LogP contribution in [0.1, 0.15) is 38.7 Å². The fourth-order valence-electron chi connectivity index (χ4n) is 2.45. The molecule has 2 rings (SSSR count). The molecule has 1 heterocycles. The second-order valence-electron chi connectivity index (χ2n) is 5.45. The molecule has 1 fully saturated rings. The van der Waals surface area contributed by atoms with E-state index >= 15 is 0 Å². The molecule has 0 aromatic heterocycles. The van der Waals surface area contributed by atoms with E-state index in [1.807, 2.05) is 0 Å². The Balaban J connectivity index is 2.00. The Bertz CT molecular complexity index is 350. The van der Waals surface area contributed by atoms with Crippen LogP contribution >= 0.6 is 15.9 Å². The summed E-state index contributed by atoms with van der Waals surface area (Å²) in [5, 5.41) is 0.946. The molecule has 1 aromatic rings. The molecule has 0 radical (unpaired) electrons. The highest BCUT2D eigenvalue weighted by Crippen LogP contribution is 2.35. The lowest BCUT2D eigenvalue weighted by molar-refractivity contribution is 0.238. The molecule has 2 heteroatoms. The molecule has 0 bridgehead atoms. The molecule has 0 amide bonds. The topological polar surface area (TPSA) is 3.24 Å². The van der Waals surface area contributed by atoms with Gasteiger partial charge in [-0.05, 0) is 36.0 Å². The summed E-state index contributed by atoms with van der Waals surface area (Å²) in [5.41, 5.74) is 3.31. The minimum Gasteiger partial charge on any atom is -0.371 e. The maximum Gasteiger partial charge on any atom is 0.0366 e. The smallest absolute Gasteiger partial charge is 0.0366 e. The second kappa shape index (κ2) is 5.43. The monoisotopic (exact) mass is 295 g/mol. The number of hydrogen-bond acceptors (Lipinski definition) is 1. The van der Waals surface area contributed by atoms with E-state index in [-0.39, 0.29) is 0 Å². The minimum absolute atomic E-state index is 0.576. The maximum absolute atomic E-state index is 3.49. The third kappa shape index (κ3) is 3.04. The fraction of sp³-hybridized carbons (Fsp3) is 0.600. The molecule has 0 atom stereocenters. The van der Waals surface area contributed by atoms with E-state index < -0.39 is 0 Å². The van der Waals surface area contributed by atoms with Gasteiger partial charge in [-0.3, -0.25) is 0 Å². The van der Waals surface area contributed by atoms with Gasteiger partial charge in [-0.1, -0.05) is 48.3 Å². The molecule has 94 valence electrons. The number of hydrogen-bond donors (Lipinski definition) is 0. The van der Waals surface area contributed by atoms with Crippen molar-refractivity contribution in [3.05, 3.63) is 29.8 Å². The molecule has 1 aliphatic rings. The lowest BCUT2D eigenvalue weighted by atomic mass is 9.78. The zero-order chi connectivity index (χ0) is 12.3. The molecule has 0 N–H and O–H groups in total. The first-order valence-corrected chi connectivity index (χ1v) is 7.69. The third-order valence-electron chi connectivity index (χ3n) is 4.28. The van der Waals surface area contributed by atoms with Crippen LogP contribution in [0.3, 0.4) is 0 Å². The van der Waals surface area contributed by atoms with Gasteiger partial charge in [0.05, 0.1) is 0 Å². The second-order valence-corrected chi connectivity index (χ2v) is 6.01. The van der Waals surface area contributed by atoms with E-state index in [0.29, 0.717) is 5.41 Å². The number of alkyl halides is 1. The van der Waals surface area contributed by atoms with Gasteiger partial charge in [0, 0.05) is 24.1 Å². The Morgan fingerprint density at radius 1 is 1.18 bits per heavy atom. The average Bonchev–Trinajstić information content (AvgIpc) is 2.40. The summed E-state index contributed by atoms with van der Waals surface area (Å²) in [6.07, 6.45) is 3.96. The summed E-state index contributed by atoms with van der Waals surface area (Å²) in [4.78, 5) is 2.52. The van der Waals surface area contributed by atoms with Crippen molar-refractivity contribution in [1.29, 1.82) is 0 Å². The summed E-state index contributed by atoms with van der Waals surface area (Å²) in [6.45, 7) is 7.16. The van der Waals surface area contributed by atoms with Crippen molar-refractivity contribution < 1.29 is 0 Å². The van der Waals surface area contributed by atoms with Crippen molar-refractivity contribution in [3.63, 3.8) is 0 Å². The predicted octanol–water partition coefficient (Wildman–Crippen LogP) is 4.60. The molecular formula is C15H22BrN. The fourth-order valence-corrected chi connectivity index (χ4v) is 2.83. The summed E-state index contributed by atoms with van der Waals surface area (Å²) in [5.74, 6) is 0. The van der Waals surface area contributed by atoms with Crippen LogP contribution in [0.2, 0.25) is 0 Å². The van der Waals surface area contributed by atoms with Crippen molar-refractivity contribution in [2.24, 2.45) is 5.41 Å². The zero-order valence-electron chi connectivity index (χ0n) is 10.9. The Kier molecular flexibility index (Phi) is 4.13. The Hall–Kier alpha value is -0.500. The third-order valence-corrected chi connectivity index (χ3v) is 4.93. The van der Waals surface area contributed by atoms with Crippen LogP contribution in [0, 0.1) is 5.41 Å². The molecule has 0 unspecified atom stereocenters. The van der Waals surface area contributed by atoms with E-state index in [9.17, 15) is 0 Å². The lowest BCUT2D eigenvalue weighted by Gasteiger charge is -2.40. The van der Waals surface area contributed by atoms with E-state index in [2.05, 4.69) is 58.9 Å². The zero-order valence-corrected chi connectivity index (χ0v) is 12.5. The van der Waals surface area contributed by atoms with Crippen molar-refractivity contribution in [1.82, 2.24) is 0 Å². The van der Waals surface area contributed by atoms with E-state index in [1.54, 1.807) is 0 Å². The molecule has 17 heavy (non-hydrogen) atoms. The van der Waals surface area contributed by atoms with Crippen LogP contribution in [0.15, 0.2) is 24.3 Å². The summed E-state index contributed by atoms with van der Waals surface area (Å²) >= 11 is 3.49. The number of anilines is 1. The minimum atomic E-state index is 0.576. The molecule has 1 aliphatic heterocycles. The predicted molar refractivity (Wildman–Crippen MR) is 78.9 cm³/mol. The van der Waals surface area contributed by atoms with Gasteiger partial charge in [0.15, 0.2) is 0 Å². The number of rotatable bonds is 3. The van der Waals surface area contributed by atoms with Crippen LogP contribution in [-0.2, 0) is 5.33 Å². The molecule has 0 spiro atoms. The van der Waals surface area contributed by atoms with Crippen LogP contribution < -0.4 is 4.90 Å². The average molecular weight is 296 g/mol. The standard InChI is InChI=1S/C15H22BrN/c1-3-15(2)8-10-17(11-9-15)14-6-4-13(12-16)5-7-14/h4-7H,3,8-12H2,1-2H3. The lowest BCUT2D eigenvalue weighted by Crippen LogP contribution is -2.38. The summed E-state index contributed by atoms with van der Waals surface area (Å²) in [7, 11) is 0. The van der Waals surface area contributed by atoms with Crippen molar-refractivity contribution >= 4 is 21.6 Å². The number of benzene rings is 1. The van der Waals surface area contributed by atoms with E-state index in [1.165, 1.54) is 43.6 Å². The van der Waals surface area contributed by atoms with Crippen molar-refractivity contribution in [2.45, 2.75) is 38.4 Å². The van der Waals surface area contributed by atoms with Crippen LogP contribution in [-0.4, -0.2) is 13.1 Å². The van der Waals surface area contributed by atoms with Gasteiger partial charge < -0.3 is 4.90 Å². The van der Waals surface area contributed by atoms with Gasteiger partial charge >= 0.3 is 0 Å². The SMILES string of the molecule is CCC1(C)CCN(c2ccc(CBr)cc2)CC1. The molecule has 1 aromatic carbocycles. The molecular weight excluding hydrogens is 274 g/mol. The highest BCUT2D eigenvalue weighted by atomic mass is 79.9. The van der Waals surface area contributed by atoms with Gasteiger partial charge in [-0.25, -0.2) is 0 Å². The number of nitrogens with zero attached hydrogens (tertiary/aromatic N) is 1. The largest absolute Gasteiger partial charge is 0.371 e. The Labute approximate surface area is 113 Å².